The van der Waals surface area contributed by atoms with E-state index in [1.54, 1.807) is 30.5 Å². The van der Waals surface area contributed by atoms with Gasteiger partial charge in [0, 0.05) is 16.5 Å². The minimum absolute atomic E-state index is 0.185. The van der Waals surface area contributed by atoms with Gasteiger partial charge in [-0.05, 0) is 79.2 Å². The number of anilines is 1. The molecule has 0 atom stereocenters. The molecule has 7 nitrogen and oxygen atoms in total. The molecule has 2 aromatic carbocycles. The minimum atomic E-state index is -0.783. The summed E-state index contributed by atoms with van der Waals surface area (Å²) in [5.74, 6) is -1.15. The Morgan fingerprint density at radius 1 is 0.971 bits per heavy atom. The number of urea groups is 1. The Bertz CT molecular complexity index is 1500. The molecule has 0 unspecified atom stereocenters. The minimum Gasteiger partial charge on any atom is -0.450 e. The third-order valence-electron chi connectivity index (χ3n) is 5.55. The topological polar surface area (TPSA) is 92.5 Å². The van der Waals surface area contributed by atoms with Crippen LogP contribution in [0.4, 0.5) is 10.5 Å². The number of rotatable bonds is 4. The van der Waals surface area contributed by atoms with E-state index in [1.807, 2.05) is 50.2 Å². The van der Waals surface area contributed by atoms with Gasteiger partial charge < -0.3 is 4.42 Å². The lowest BCUT2D eigenvalue weighted by Crippen LogP contribution is -2.54. The van der Waals surface area contributed by atoms with Crippen LogP contribution in [0.3, 0.4) is 0 Å². The number of furan rings is 1. The van der Waals surface area contributed by atoms with Crippen molar-refractivity contribution in [2.75, 3.05) is 4.90 Å². The average molecular weight is 470 g/mol. The predicted octanol–water partition coefficient (Wildman–Crippen LogP) is 5.26. The maximum atomic E-state index is 13.1. The van der Waals surface area contributed by atoms with E-state index in [1.165, 1.54) is 17.8 Å². The first-order valence-corrected chi connectivity index (χ1v) is 11.3. The monoisotopic (exact) mass is 469 g/mol. The van der Waals surface area contributed by atoms with E-state index >= 15 is 0 Å². The number of hydrogen-bond donors (Lipinski definition) is 1. The predicted molar refractivity (Wildman–Crippen MR) is 129 cm³/mol. The van der Waals surface area contributed by atoms with Gasteiger partial charge in [0.1, 0.15) is 11.3 Å². The third-order valence-corrected chi connectivity index (χ3v) is 6.52. The summed E-state index contributed by atoms with van der Waals surface area (Å²) >= 11 is 1.39. The molecule has 1 aliphatic heterocycles. The SMILES string of the molecule is Cc1ccc(N2C(=O)NC(=O)/C(=C\c3ccc(Sc4cccc5cccnc45)o3)C2=O)cc1C. The zero-order valence-electron chi connectivity index (χ0n) is 18.4. The maximum Gasteiger partial charge on any atom is 0.335 e. The number of pyridine rings is 1. The molecule has 8 heteroatoms. The first-order valence-electron chi connectivity index (χ1n) is 10.5. The molecule has 0 bridgehead atoms. The van der Waals surface area contributed by atoms with E-state index in [-0.39, 0.29) is 5.57 Å². The van der Waals surface area contributed by atoms with Crippen molar-refractivity contribution in [2.45, 2.75) is 23.8 Å². The number of fused-ring (bicyclic) bond motifs is 1. The molecular weight excluding hydrogens is 450 g/mol. The summed E-state index contributed by atoms with van der Waals surface area (Å²) in [4.78, 5) is 44.3. The number of hydrogen-bond acceptors (Lipinski definition) is 6. The van der Waals surface area contributed by atoms with E-state index in [0.717, 1.165) is 31.8 Å². The molecule has 2 aromatic heterocycles. The number of carbonyl (C=O) groups is 3. The van der Waals surface area contributed by atoms with Gasteiger partial charge in [0.05, 0.1) is 11.2 Å². The molecule has 168 valence electrons. The second-order valence-electron chi connectivity index (χ2n) is 7.82. The fourth-order valence-electron chi connectivity index (χ4n) is 3.63. The number of barbiturate groups is 1. The number of nitrogens with one attached hydrogen (secondary N) is 1. The van der Waals surface area contributed by atoms with Crippen molar-refractivity contribution in [1.29, 1.82) is 0 Å². The van der Waals surface area contributed by atoms with Crippen molar-refractivity contribution in [3.63, 3.8) is 0 Å². The number of para-hydroxylation sites is 1. The highest BCUT2D eigenvalue weighted by molar-refractivity contribution is 7.99. The van der Waals surface area contributed by atoms with Crippen LogP contribution in [0.1, 0.15) is 16.9 Å². The number of benzene rings is 2. The Morgan fingerprint density at radius 3 is 2.62 bits per heavy atom. The fraction of sp³-hybridized carbons (Fsp3) is 0.0769. The number of carbonyl (C=O) groups excluding carboxylic acids is 3. The Morgan fingerprint density at radius 2 is 1.79 bits per heavy atom. The molecule has 1 N–H and O–H groups in total. The number of imide groups is 2. The first kappa shape index (κ1) is 21.7. The zero-order valence-corrected chi connectivity index (χ0v) is 19.2. The van der Waals surface area contributed by atoms with Crippen LogP contribution in [0.2, 0.25) is 0 Å². The molecule has 4 aromatic rings. The lowest BCUT2D eigenvalue weighted by molar-refractivity contribution is -0.122. The molecule has 0 saturated carbocycles. The lowest BCUT2D eigenvalue weighted by atomic mass is 10.1. The van der Waals surface area contributed by atoms with Gasteiger partial charge in [-0.25, -0.2) is 9.69 Å². The van der Waals surface area contributed by atoms with Crippen LogP contribution in [0.15, 0.2) is 86.8 Å². The lowest BCUT2D eigenvalue weighted by Gasteiger charge is -2.26. The number of aryl methyl sites for hydroxylation is 2. The normalized spacial score (nSPS) is 15.3. The highest BCUT2D eigenvalue weighted by Crippen LogP contribution is 2.34. The second kappa shape index (κ2) is 8.64. The van der Waals surface area contributed by atoms with Gasteiger partial charge in [-0.3, -0.25) is 19.9 Å². The largest absolute Gasteiger partial charge is 0.450 e. The van der Waals surface area contributed by atoms with Crippen LogP contribution in [0, 0.1) is 13.8 Å². The van der Waals surface area contributed by atoms with Crippen LogP contribution < -0.4 is 10.2 Å². The number of amides is 4. The van der Waals surface area contributed by atoms with Gasteiger partial charge in [0.15, 0.2) is 5.09 Å². The third kappa shape index (κ3) is 3.99. The molecule has 0 spiro atoms. The van der Waals surface area contributed by atoms with Crippen LogP contribution in [-0.4, -0.2) is 22.8 Å². The van der Waals surface area contributed by atoms with Gasteiger partial charge in [-0.15, -0.1) is 0 Å². The van der Waals surface area contributed by atoms with Gasteiger partial charge in [0.25, 0.3) is 11.8 Å². The standard InChI is InChI=1S/C26H19N3O4S/c1-15-8-9-18(13-16(15)2)29-25(31)20(24(30)28-26(29)32)14-19-10-11-22(33-19)34-21-7-3-5-17-6-4-12-27-23(17)21/h3-14H,1-2H3,(H,28,30,32)/b20-14+. The first-order chi connectivity index (χ1) is 16.4. The van der Waals surface area contributed by atoms with Crippen molar-refractivity contribution in [2.24, 2.45) is 0 Å². The van der Waals surface area contributed by atoms with Crippen molar-refractivity contribution in [1.82, 2.24) is 10.3 Å². The molecule has 1 saturated heterocycles. The number of aromatic nitrogens is 1. The molecule has 1 fully saturated rings. The highest BCUT2D eigenvalue weighted by Gasteiger charge is 2.37. The van der Waals surface area contributed by atoms with E-state index in [2.05, 4.69) is 10.3 Å². The van der Waals surface area contributed by atoms with Crippen LogP contribution in [0.5, 0.6) is 0 Å². The average Bonchev–Trinajstić information content (AvgIpc) is 3.26. The Kier molecular flexibility index (Phi) is 5.51. The van der Waals surface area contributed by atoms with Crippen LogP contribution >= 0.6 is 11.8 Å². The molecule has 4 amide bonds. The highest BCUT2D eigenvalue weighted by atomic mass is 32.2. The van der Waals surface area contributed by atoms with E-state index in [9.17, 15) is 14.4 Å². The molecule has 0 radical (unpaired) electrons. The molecular formula is C26H19N3O4S. The summed E-state index contributed by atoms with van der Waals surface area (Å²) in [5.41, 5.74) is 3.02. The van der Waals surface area contributed by atoms with Crippen LogP contribution in [0.25, 0.3) is 17.0 Å². The van der Waals surface area contributed by atoms with Crippen molar-refractivity contribution < 1.29 is 18.8 Å². The van der Waals surface area contributed by atoms with E-state index < -0.39 is 17.8 Å². The quantitative estimate of drug-likeness (QED) is 0.324. The number of nitrogens with zero attached hydrogens (tertiary/aromatic N) is 2. The van der Waals surface area contributed by atoms with Crippen molar-refractivity contribution >= 4 is 52.3 Å². The van der Waals surface area contributed by atoms with Gasteiger partial charge in [0.2, 0.25) is 0 Å². The Balaban J connectivity index is 1.43. The molecule has 3 heterocycles. The molecule has 5 rings (SSSR count). The van der Waals surface area contributed by atoms with E-state index in [0.29, 0.717) is 16.5 Å². The van der Waals surface area contributed by atoms with Gasteiger partial charge >= 0.3 is 6.03 Å². The summed E-state index contributed by atoms with van der Waals surface area (Å²) in [6.45, 7) is 3.83. The smallest absolute Gasteiger partial charge is 0.335 e. The van der Waals surface area contributed by atoms with Crippen molar-refractivity contribution in [3.05, 3.63) is 89.3 Å². The Labute approximate surface area is 199 Å². The summed E-state index contributed by atoms with van der Waals surface area (Å²) in [7, 11) is 0. The summed E-state index contributed by atoms with van der Waals surface area (Å²) in [6.07, 6.45) is 3.09. The summed E-state index contributed by atoms with van der Waals surface area (Å²) < 4.78 is 5.86. The van der Waals surface area contributed by atoms with Crippen LogP contribution in [-0.2, 0) is 9.59 Å². The molecule has 0 aliphatic carbocycles. The second-order valence-corrected chi connectivity index (χ2v) is 8.86. The van der Waals surface area contributed by atoms with Gasteiger partial charge in [-0.2, -0.15) is 0 Å². The zero-order chi connectivity index (χ0) is 23.8. The molecule has 34 heavy (non-hydrogen) atoms. The van der Waals surface area contributed by atoms with E-state index in [4.69, 9.17) is 4.42 Å². The molecule has 1 aliphatic rings. The Hall–Kier alpha value is -4.17. The van der Waals surface area contributed by atoms with Gasteiger partial charge in [-0.1, -0.05) is 24.3 Å². The fourth-order valence-corrected chi connectivity index (χ4v) is 4.54. The van der Waals surface area contributed by atoms with Crippen molar-refractivity contribution in [3.8, 4) is 0 Å². The summed E-state index contributed by atoms with van der Waals surface area (Å²) in [5, 5.41) is 3.83. The maximum absolute atomic E-state index is 13.1. The summed E-state index contributed by atoms with van der Waals surface area (Å²) in [6, 6.07) is 17.6.